The van der Waals surface area contributed by atoms with Crippen LogP contribution in [-0.2, 0) is 0 Å². The van der Waals surface area contributed by atoms with Crippen molar-refractivity contribution in [2.75, 3.05) is 39.1 Å². The van der Waals surface area contributed by atoms with Gasteiger partial charge in [0.1, 0.15) is 0 Å². The summed E-state index contributed by atoms with van der Waals surface area (Å²) in [4.78, 5) is 5.04. The molecule has 17 heavy (non-hydrogen) atoms. The molecular formula is C14H29BrN2. The predicted octanol–water partition coefficient (Wildman–Crippen LogP) is 3.07. The van der Waals surface area contributed by atoms with E-state index in [4.69, 9.17) is 0 Å². The third-order valence-electron chi connectivity index (χ3n) is 4.14. The summed E-state index contributed by atoms with van der Waals surface area (Å²) in [5, 5.41) is 1.10. The Morgan fingerprint density at radius 1 is 1.41 bits per heavy atom. The first kappa shape index (κ1) is 15.5. The Bertz CT molecular complexity index is 225. The largest absolute Gasteiger partial charge is 0.305 e. The van der Waals surface area contributed by atoms with Gasteiger partial charge in [-0.3, -0.25) is 0 Å². The van der Waals surface area contributed by atoms with Crippen LogP contribution in [0, 0.1) is 11.3 Å². The van der Waals surface area contributed by atoms with Crippen LogP contribution in [0.3, 0.4) is 0 Å². The predicted molar refractivity (Wildman–Crippen MR) is 79.9 cm³/mol. The van der Waals surface area contributed by atoms with Crippen LogP contribution >= 0.6 is 15.9 Å². The SMILES string of the molecule is CN1CCCC(N(C)CC(CBr)C(C)(C)C)C1. The fourth-order valence-electron chi connectivity index (χ4n) is 2.55. The molecule has 0 bridgehead atoms. The first-order chi connectivity index (χ1) is 7.84. The number of hydrogen-bond acceptors (Lipinski definition) is 2. The molecule has 0 aromatic carbocycles. The van der Waals surface area contributed by atoms with Gasteiger partial charge in [-0.1, -0.05) is 36.7 Å². The number of halogens is 1. The van der Waals surface area contributed by atoms with E-state index in [9.17, 15) is 0 Å². The third-order valence-corrected chi connectivity index (χ3v) is 4.92. The molecule has 0 amide bonds. The molecule has 2 nitrogen and oxygen atoms in total. The summed E-state index contributed by atoms with van der Waals surface area (Å²) in [6, 6.07) is 0.748. The second kappa shape index (κ2) is 6.53. The van der Waals surface area contributed by atoms with E-state index in [0.717, 1.165) is 17.3 Å². The Balaban J connectivity index is 2.49. The molecule has 1 rings (SSSR count). The van der Waals surface area contributed by atoms with Crippen molar-refractivity contribution >= 4 is 15.9 Å². The van der Waals surface area contributed by atoms with Gasteiger partial charge in [-0.2, -0.15) is 0 Å². The summed E-state index contributed by atoms with van der Waals surface area (Å²) < 4.78 is 0. The number of nitrogens with zero attached hydrogens (tertiary/aromatic N) is 2. The van der Waals surface area contributed by atoms with Crippen molar-refractivity contribution in [3.8, 4) is 0 Å². The minimum absolute atomic E-state index is 0.387. The topological polar surface area (TPSA) is 6.48 Å². The Kier molecular flexibility index (Phi) is 5.94. The molecule has 1 aliphatic heterocycles. The van der Waals surface area contributed by atoms with Crippen LogP contribution in [0.1, 0.15) is 33.6 Å². The van der Waals surface area contributed by atoms with Crippen molar-refractivity contribution in [2.45, 2.75) is 39.7 Å². The summed E-state index contributed by atoms with van der Waals surface area (Å²) in [6.07, 6.45) is 2.71. The first-order valence-electron chi connectivity index (χ1n) is 6.79. The lowest BCUT2D eigenvalue weighted by Crippen LogP contribution is -2.47. The minimum Gasteiger partial charge on any atom is -0.305 e. The highest BCUT2D eigenvalue weighted by Gasteiger charge is 2.28. The third kappa shape index (κ3) is 4.88. The van der Waals surface area contributed by atoms with Gasteiger partial charge in [-0.15, -0.1) is 0 Å². The molecular weight excluding hydrogens is 276 g/mol. The molecule has 0 N–H and O–H groups in total. The van der Waals surface area contributed by atoms with Crippen LogP contribution in [-0.4, -0.2) is 54.9 Å². The van der Waals surface area contributed by atoms with Crippen LogP contribution < -0.4 is 0 Å². The van der Waals surface area contributed by atoms with Gasteiger partial charge in [0.25, 0.3) is 0 Å². The summed E-state index contributed by atoms with van der Waals surface area (Å²) in [6.45, 7) is 10.7. The van der Waals surface area contributed by atoms with Crippen molar-refractivity contribution in [3.63, 3.8) is 0 Å². The van der Waals surface area contributed by atoms with Crippen molar-refractivity contribution < 1.29 is 0 Å². The van der Waals surface area contributed by atoms with E-state index in [2.05, 4.69) is 60.6 Å². The Morgan fingerprint density at radius 3 is 2.53 bits per heavy atom. The Morgan fingerprint density at radius 2 is 2.06 bits per heavy atom. The smallest absolute Gasteiger partial charge is 0.0220 e. The number of likely N-dealkylation sites (tertiary alicyclic amines) is 1. The van der Waals surface area contributed by atoms with Crippen molar-refractivity contribution in [3.05, 3.63) is 0 Å². The number of rotatable bonds is 4. The highest BCUT2D eigenvalue weighted by molar-refractivity contribution is 9.09. The van der Waals surface area contributed by atoms with Crippen LogP contribution in [0.25, 0.3) is 0 Å². The molecule has 0 saturated carbocycles. The summed E-state index contributed by atoms with van der Waals surface area (Å²) in [5.41, 5.74) is 0.387. The quantitative estimate of drug-likeness (QED) is 0.737. The molecule has 0 aromatic heterocycles. The average molecular weight is 305 g/mol. The van der Waals surface area contributed by atoms with Gasteiger partial charge >= 0.3 is 0 Å². The number of piperidine rings is 1. The standard InChI is InChI=1S/C14H29BrN2/c1-14(2,3)12(9-15)10-17(5)13-7-6-8-16(4)11-13/h12-13H,6-11H2,1-5H3. The number of alkyl halides is 1. The van der Waals surface area contributed by atoms with Crippen LogP contribution in [0.5, 0.6) is 0 Å². The van der Waals surface area contributed by atoms with Gasteiger partial charge < -0.3 is 9.80 Å². The van der Waals surface area contributed by atoms with E-state index in [1.54, 1.807) is 0 Å². The van der Waals surface area contributed by atoms with Crippen molar-refractivity contribution in [2.24, 2.45) is 11.3 Å². The number of likely N-dealkylation sites (N-methyl/N-ethyl adjacent to an activating group) is 2. The molecule has 1 fully saturated rings. The second-order valence-electron chi connectivity index (χ2n) is 6.72. The molecule has 2 unspecified atom stereocenters. The molecule has 0 aliphatic carbocycles. The van der Waals surface area contributed by atoms with Crippen LogP contribution in [0.2, 0.25) is 0 Å². The van der Waals surface area contributed by atoms with Crippen molar-refractivity contribution in [1.82, 2.24) is 9.80 Å². The molecule has 1 saturated heterocycles. The maximum absolute atomic E-state index is 3.68. The zero-order chi connectivity index (χ0) is 13.1. The zero-order valence-electron chi connectivity index (χ0n) is 12.2. The summed E-state index contributed by atoms with van der Waals surface area (Å²) >= 11 is 3.68. The van der Waals surface area contributed by atoms with Gasteiger partial charge in [-0.05, 0) is 44.8 Å². The molecule has 0 radical (unpaired) electrons. The molecule has 102 valence electrons. The van der Waals surface area contributed by atoms with E-state index in [1.807, 2.05) is 0 Å². The molecule has 0 aromatic rings. The van der Waals surface area contributed by atoms with E-state index >= 15 is 0 Å². The highest BCUT2D eigenvalue weighted by Crippen LogP contribution is 2.29. The Labute approximate surface area is 116 Å². The minimum atomic E-state index is 0.387. The Hall–Kier alpha value is 0.400. The van der Waals surface area contributed by atoms with E-state index in [0.29, 0.717) is 5.41 Å². The van der Waals surface area contributed by atoms with Gasteiger partial charge in [-0.25, -0.2) is 0 Å². The number of hydrogen-bond donors (Lipinski definition) is 0. The van der Waals surface area contributed by atoms with Gasteiger partial charge in [0.15, 0.2) is 0 Å². The van der Waals surface area contributed by atoms with Crippen LogP contribution in [0.15, 0.2) is 0 Å². The zero-order valence-corrected chi connectivity index (χ0v) is 13.8. The van der Waals surface area contributed by atoms with Crippen LogP contribution in [0.4, 0.5) is 0 Å². The molecule has 0 spiro atoms. The highest BCUT2D eigenvalue weighted by atomic mass is 79.9. The lowest BCUT2D eigenvalue weighted by molar-refractivity contribution is 0.0996. The monoisotopic (exact) mass is 304 g/mol. The van der Waals surface area contributed by atoms with E-state index in [1.165, 1.54) is 32.5 Å². The van der Waals surface area contributed by atoms with E-state index in [-0.39, 0.29) is 0 Å². The fraction of sp³-hybridized carbons (Fsp3) is 1.00. The average Bonchev–Trinajstić information content (AvgIpc) is 2.23. The summed E-state index contributed by atoms with van der Waals surface area (Å²) in [5.74, 6) is 0.722. The van der Waals surface area contributed by atoms with Gasteiger partial charge in [0.2, 0.25) is 0 Å². The molecule has 1 heterocycles. The van der Waals surface area contributed by atoms with Crippen molar-refractivity contribution in [1.29, 1.82) is 0 Å². The lowest BCUT2D eigenvalue weighted by Gasteiger charge is -2.40. The van der Waals surface area contributed by atoms with Gasteiger partial charge in [0.05, 0.1) is 0 Å². The van der Waals surface area contributed by atoms with Gasteiger partial charge in [0, 0.05) is 24.5 Å². The first-order valence-corrected chi connectivity index (χ1v) is 7.91. The summed E-state index contributed by atoms with van der Waals surface area (Å²) in [7, 11) is 4.54. The molecule has 1 aliphatic rings. The molecule has 3 heteroatoms. The lowest BCUT2D eigenvalue weighted by atomic mass is 9.81. The second-order valence-corrected chi connectivity index (χ2v) is 7.36. The fourth-order valence-corrected chi connectivity index (χ4v) is 3.73. The normalized spacial score (nSPS) is 25.2. The van der Waals surface area contributed by atoms with E-state index < -0.39 is 0 Å². The maximum Gasteiger partial charge on any atom is 0.0220 e. The molecule has 2 atom stereocenters. The maximum atomic E-state index is 3.68.